The lowest BCUT2D eigenvalue weighted by atomic mass is 10.1. The van der Waals surface area contributed by atoms with Crippen molar-refractivity contribution in [1.29, 1.82) is 0 Å². The second kappa shape index (κ2) is 7.59. The number of hydrogen-bond donors (Lipinski definition) is 1. The van der Waals surface area contributed by atoms with Crippen molar-refractivity contribution in [2.75, 3.05) is 13.6 Å². The van der Waals surface area contributed by atoms with Crippen LogP contribution in [0.2, 0.25) is 0 Å². The molecular weight excluding hydrogens is 262 g/mol. The molecule has 21 heavy (non-hydrogen) atoms. The monoisotopic (exact) mass is 295 g/mol. The van der Waals surface area contributed by atoms with Crippen molar-refractivity contribution < 1.29 is 4.79 Å². The van der Waals surface area contributed by atoms with Crippen molar-refractivity contribution in [3.05, 3.63) is 0 Å². The maximum Gasteiger partial charge on any atom is 0.241 e. The molecule has 0 aromatic carbocycles. The summed E-state index contributed by atoms with van der Waals surface area (Å²) in [7, 11) is 2.21. The Bertz CT molecular complexity index is 343. The van der Waals surface area contributed by atoms with Gasteiger partial charge in [0.1, 0.15) is 0 Å². The van der Waals surface area contributed by atoms with Crippen LogP contribution in [0.4, 0.5) is 0 Å². The van der Waals surface area contributed by atoms with E-state index in [1.54, 1.807) is 0 Å². The molecule has 0 radical (unpaired) electrons. The summed E-state index contributed by atoms with van der Waals surface area (Å²) in [4.78, 5) is 17.3. The van der Waals surface area contributed by atoms with Gasteiger partial charge in [-0.3, -0.25) is 15.0 Å². The van der Waals surface area contributed by atoms with Gasteiger partial charge in [0.25, 0.3) is 0 Å². The predicted molar refractivity (Wildman–Crippen MR) is 87.1 cm³/mol. The Balaban J connectivity index is 1.94. The van der Waals surface area contributed by atoms with Crippen LogP contribution in [0.3, 0.4) is 0 Å². The lowest BCUT2D eigenvalue weighted by Gasteiger charge is -2.32. The molecule has 3 atom stereocenters. The van der Waals surface area contributed by atoms with E-state index in [9.17, 15) is 4.79 Å². The molecule has 0 aromatic rings. The third kappa shape index (κ3) is 4.19. The average molecular weight is 295 g/mol. The number of hydrogen-bond acceptors (Lipinski definition) is 3. The van der Waals surface area contributed by atoms with Crippen molar-refractivity contribution in [1.82, 2.24) is 15.1 Å². The SMILES string of the molecule is CCCCC1NC(CCC)N(CC(C)N(C)C2CC2)C1=O. The average Bonchev–Trinajstić information content (AvgIpc) is 3.27. The van der Waals surface area contributed by atoms with E-state index in [1.807, 2.05) is 0 Å². The van der Waals surface area contributed by atoms with Crippen LogP contribution in [-0.2, 0) is 4.79 Å². The van der Waals surface area contributed by atoms with Gasteiger partial charge in [-0.25, -0.2) is 0 Å². The number of rotatable bonds is 9. The minimum Gasteiger partial charge on any atom is -0.324 e. The number of likely N-dealkylation sites (N-methyl/N-ethyl adjacent to an activating group) is 1. The Kier molecular flexibility index (Phi) is 6.06. The van der Waals surface area contributed by atoms with Gasteiger partial charge in [-0.15, -0.1) is 0 Å². The van der Waals surface area contributed by atoms with Gasteiger partial charge < -0.3 is 4.90 Å². The zero-order chi connectivity index (χ0) is 15.4. The second-order valence-electron chi connectivity index (χ2n) is 6.90. The molecular formula is C17H33N3O. The molecule has 1 heterocycles. The second-order valence-corrected chi connectivity index (χ2v) is 6.90. The number of carbonyl (C=O) groups is 1. The van der Waals surface area contributed by atoms with E-state index in [2.05, 4.69) is 42.9 Å². The van der Waals surface area contributed by atoms with E-state index in [4.69, 9.17) is 0 Å². The molecule has 1 saturated carbocycles. The van der Waals surface area contributed by atoms with Gasteiger partial charge in [-0.05, 0) is 39.7 Å². The standard InChI is InChI=1S/C17H33N3O/c1-5-7-9-15-17(21)20(16(18-15)8-6-2)12-13(3)19(4)14-10-11-14/h13-16,18H,5-12H2,1-4H3. The van der Waals surface area contributed by atoms with Gasteiger partial charge >= 0.3 is 0 Å². The number of amides is 1. The molecule has 122 valence electrons. The quantitative estimate of drug-likeness (QED) is 0.710. The molecule has 2 fully saturated rings. The van der Waals surface area contributed by atoms with E-state index >= 15 is 0 Å². The summed E-state index contributed by atoms with van der Waals surface area (Å²) < 4.78 is 0. The molecule has 1 aliphatic heterocycles. The van der Waals surface area contributed by atoms with E-state index < -0.39 is 0 Å². The Labute approximate surface area is 130 Å². The zero-order valence-electron chi connectivity index (χ0n) is 14.3. The third-order valence-corrected chi connectivity index (χ3v) is 5.04. The lowest BCUT2D eigenvalue weighted by molar-refractivity contribution is -0.131. The fourth-order valence-corrected chi connectivity index (χ4v) is 3.35. The Morgan fingerprint density at radius 2 is 2.00 bits per heavy atom. The molecule has 0 spiro atoms. The highest BCUT2D eigenvalue weighted by Crippen LogP contribution is 2.28. The summed E-state index contributed by atoms with van der Waals surface area (Å²) in [6.07, 6.45) is 8.36. The fourth-order valence-electron chi connectivity index (χ4n) is 3.35. The van der Waals surface area contributed by atoms with Gasteiger partial charge in [-0.2, -0.15) is 0 Å². The van der Waals surface area contributed by atoms with Crippen LogP contribution < -0.4 is 5.32 Å². The van der Waals surface area contributed by atoms with Crippen LogP contribution in [0, 0.1) is 0 Å². The van der Waals surface area contributed by atoms with E-state index in [0.717, 1.165) is 44.7 Å². The minimum absolute atomic E-state index is 0.0555. The topological polar surface area (TPSA) is 35.6 Å². The first-order valence-electron chi connectivity index (χ1n) is 8.86. The molecule has 2 aliphatic rings. The summed E-state index contributed by atoms with van der Waals surface area (Å²) in [6.45, 7) is 7.51. The van der Waals surface area contributed by atoms with Crippen LogP contribution in [0.5, 0.6) is 0 Å². The molecule has 0 bridgehead atoms. The molecule has 1 saturated heterocycles. The van der Waals surface area contributed by atoms with Crippen molar-refractivity contribution in [3.8, 4) is 0 Å². The first-order valence-corrected chi connectivity index (χ1v) is 8.86. The van der Waals surface area contributed by atoms with E-state index in [-0.39, 0.29) is 12.2 Å². The van der Waals surface area contributed by atoms with Gasteiger partial charge in [0, 0.05) is 18.6 Å². The van der Waals surface area contributed by atoms with Crippen LogP contribution >= 0.6 is 0 Å². The highest BCUT2D eigenvalue weighted by atomic mass is 16.2. The van der Waals surface area contributed by atoms with E-state index in [1.165, 1.54) is 12.8 Å². The molecule has 4 heteroatoms. The summed E-state index contributed by atoms with van der Waals surface area (Å²) in [5.74, 6) is 0.331. The van der Waals surface area contributed by atoms with Gasteiger partial charge in [0.05, 0.1) is 12.2 Å². The van der Waals surface area contributed by atoms with Crippen LogP contribution in [0.25, 0.3) is 0 Å². The number of nitrogens with zero attached hydrogens (tertiary/aromatic N) is 2. The van der Waals surface area contributed by atoms with Crippen LogP contribution in [-0.4, -0.2) is 53.6 Å². The molecule has 2 rings (SSSR count). The molecule has 4 nitrogen and oxygen atoms in total. The van der Waals surface area contributed by atoms with Gasteiger partial charge in [-0.1, -0.05) is 33.1 Å². The maximum absolute atomic E-state index is 12.7. The summed E-state index contributed by atoms with van der Waals surface area (Å²) in [5, 5.41) is 3.57. The molecule has 0 aromatic heterocycles. The van der Waals surface area contributed by atoms with Crippen LogP contribution in [0.1, 0.15) is 65.7 Å². The van der Waals surface area contributed by atoms with Gasteiger partial charge in [0.15, 0.2) is 0 Å². The van der Waals surface area contributed by atoms with Crippen molar-refractivity contribution >= 4 is 5.91 Å². The molecule has 1 amide bonds. The zero-order valence-corrected chi connectivity index (χ0v) is 14.3. The fraction of sp³-hybridized carbons (Fsp3) is 0.941. The molecule has 3 unspecified atom stereocenters. The number of carbonyl (C=O) groups excluding carboxylic acids is 1. The summed E-state index contributed by atoms with van der Waals surface area (Å²) in [5.41, 5.74) is 0. The smallest absolute Gasteiger partial charge is 0.241 e. The maximum atomic E-state index is 12.7. The highest BCUT2D eigenvalue weighted by Gasteiger charge is 2.39. The largest absolute Gasteiger partial charge is 0.324 e. The van der Waals surface area contributed by atoms with Crippen molar-refractivity contribution in [2.45, 2.75) is 90.0 Å². The normalized spacial score (nSPS) is 27.7. The van der Waals surface area contributed by atoms with Gasteiger partial charge in [0.2, 0.25) is 5.91 Å². The number of nitrogens with one attached hydrogen (secondary N) is 1. The number of unbranched alkanes of at least 4 members (excludes halogenated alkanes) is 1. The van der Waals surface area contributed by atoms with Crippen molar-refractivity contribution in [2.24, 2.45) is 0 Å². The van der Waals surface area contributed by atoms with E-state index in [0.29, 0.717) is 11.9 Å². The minimum atomic E-state index is 0.0555. The lowest BCUT2D eigenvalue weighted by Crippen LogP contribution is -2.46. The Hall–Kier alpha value is -0.610. The molecule has 1 N–H and O–H groups in total. The van der Waals surface area contributed by atoms with Crippen LogP contribution in [0.15, 0.2) is 0 Å². The molecule has 1 aliphatic carbocycles. The Morgan fingerprint density at radius 3 is 2.57 bits per heavy atom. The summed E-state index contributed by atoms with van der Waals surface area (Å²) in [6, 6.07) is 1.26. The Morgan fingerprint density at radius 1 is 1.29 bits per heavy atom. The van der Waals surface area contributed by atoms with Crippen molar-refractivity contribution in [3.63, 3.8) is 0 Å². The highest BCUT2D eigenvalue weighted by molar-refractivity contribution is 5.84. The predicted octanol–water partition coefficient (Wildman–Crippen LogP) is 2.59. The first kappa shape index (κ1) is 16.8. The first-order chi connectivity index (χ1) is 10.1. The third-order valence-electron chi connectivity index (χ3n) is 5.04. The summed E-state index contributed by atoms with van der Waals surface area (Å²) >= 11 is 0.